The third-order valence-electron chi connectivity index (χ3n) is 5.71. The Morgan fingerprint density at radius 2 is 2.06 bits per heavy atom. The zero-order chi connectivity index (χ0) is 22.3. The van der Waals surface area contributed by atoms with Gasteiger partial charge in [0.25, 0.3) is 0 Å². The van der Waals surface area contributed by atoms with Crippen LogP contribution in [0.4, 0.5) is 4.39 Å². The van der Waals surface area contributed by atoms with Gasteiger partial charge in [0.15, 0.2) is 5.96 Å². The Labute approximate surface area is 211 Å². The standard InChI is InChI=1S/C24H29FN6O.HI/c1-3-27-24(30-12-10-18(2)22(16-30)31-13-11-26-17-31)29-15-19-4-9-23(28-14-19)32-21-7-5-20(25)6-8-21;/h4-9,11,13-14,17-18,22H,3,10,12,15-16H2,1-2H3,(H,27,29);1H. The highest BCUT2D eigenvalue weighted by Crippen LogP contribution is 2.27. The Balaban J connectivity index is 0.00000306. The summed E-state index contributed by atoms with van der Waals surface area (Å²) in [7, 11) is 0. The summed E-state index contributed by atoms with van der Waals surface area (Å²) in [5.74, 6) is 2.21. The third-order valence-corrected chi connectivity index (χ3v) is 5.71. The van der Waals surface area contributed by atoms with E-state index in [9.17, 15) is 4.39 Å². The molecule has 0 bridgehead atoms. The van der Waals surface area contributed by atoms with Crippen molar-refractivity contribution in [3.8, 4) is 11.6 Å². The molecule has 1 fully saturated rings. The Morgan fingerprint density at radius 1 is 1.24 bits per heavy atom. The van der Waals surface area contributed by atoms with E-state index in [1.54, 1.807) is 24.4 Å². The van der Waals surface area contributed by atoms with E-state index >= 15 is 0 Å². The summed E-state index contributed by atoms with van der Waals surface area (Å²) >= 11 is 0. The lowest BCUT2D eigenvalue weighted by Crippen LogP contribution is -2.49. The number of aliphatic imine (C=N–C) groups is 1. The van der Waals surface area contributed by atoms with E-state index in [2.05, 4.69) is 38.6 Å². The summed E-state index contributed by atoms with van der Waals surface area (Å²) in [6, 6.07) is 10.0. The summed E-state index contributed by atoms with van der Waals surface area (Å²) in [6.45, 7) is 7.58. The number of nitrogens with one attached hydrogen (secondary N) is 1. The second-order valence-corrected chi connectivity index (χ2v) is 8.02. The van der Waals surface area contributed by atoms with Gasteiger partial charge in [-0.05, 0) is 49.1 Å². The molecule has 1 aliphatic rings. The highest BCUT2D eigenvalue weighted by atomic mass is 127. The largest absolute Gasteiger partial charge is 0.439 e. The zero-order valence-corrected chi connectivity index (χ0v) is 21.2. The lowest BCUT2D eigenvalue weighted by molar-refractivity contribution is 0.189. The van der Waals surface area contributed by atoms with Crippen molar-refractivity contribution in [2.24, 2.45) is 10.9 Å². The fourth-order valence-electron chi connectivity index (χ4n) is 3.88. The van der Waals surface area contributed by atoms with Gasteiger partial charge in [-0.3, -0.25) is 0 Å². The topological polar surface area (TPSA) is 67.6 Å². The first-order valence-electron chi connectivity index (χ1n) is 11.0. The SMILES string of the molecule is CCNC(=NCc1ccc(Oc2ccc(F)cc2)nc1)N1CCC(C)C(n2ccnc2)C1.I. The van der Waals surface area contributed by atoms with Crippen LogP contribution in [0.3, 0.4) is 0 Å². The summed E-state index contributed by atoms with van der Waals surface area (Å²) in [5.41, 5.74) is 0.989. The van der Waals surface area contributed by atoms with Crippen LogP contribution in [0.2, 0.25) is 0 Å². The number of rotatable bonds is 6. The number of benzene rings is 1. The fraction of sp³-hybridized carbons (Fsp3) is 0.375. The molecule has 1 saturated heterocycles. The highest BCUT2D eigenvalue weighted by molar-refractivity contribution is 14.0. The normalized spacial score (nSPS) is 18.5. The number of nitrogens with zero attached hydrogens (tertiary/aromatic N) is 5. The van der Waals surface area contributed by atoms with E-state index in [4.69, 9.17) is 9.73 Å². The van der Waals surface area contributed by atoms with E-state index in [0.717, 1.165) is 37.6 Å². The van der Waals surface area contributed by atoms with Crippen LogP contribution >= 0.6 is 24.0 Å². The van der Waals surface area contributed by atoms with E-state index in [-0.39, 0.29) is 29.8 Å². The molecule has 1 N–H and O–H groups in total. The van der Waals surface area contributed by atoms with E-state index in [1.165, 1.54) is 12.1 Å². The van der Waals surface area contributed by atoms with Gasteiger partial charge < -0.3 is 19.5 Å². The van der Waals surface area contributed by atoms with Crippen LogP contribution in [0.25, 0.3) is 0 Å². The summed E-state index contributed by atoms with van der Waals surface area (Å²) in [6.07, 6.45) is 8.64. The number of aromatic nitrogens is 3. The van der Waals surface area contributed by atoms with Crippen molar-refractivity contribution in [2.45, 2.75) is 32.9 Å². The molecule has 2 aromatic heterocycles. The van der Waals surface area contributed by atoms with Crippen LogP contribution in [-0.2, 0) is 6.54 Å². The fourth-order valence-corrected chi connectivity index (χ4v) is 3.88. The minimum atomic E-state index is -0.297. The van der Waals surface area contributed by atoms with Crippen LogP contribution in [0.15, 0.2) is 66.3 Å². The van der Waals surface area contributed by atoms with E-state index in [0.29, 0.717) is 30.1 Å². The average molecular weight is 564 g/mol. The molecule has 0 spiro atoms. The van der Waals surface area contributed by atoms with Gasteiger partial charge in [-0.25, -0.2) is 19.4 Å². The minimum Gasteiger partial charge on any atom is -0.439 e. The van der Waals surface area contributed by atoms with Crippen molar-refractivity contribution >= 4 is 29.9 Å². The summed E-state index contributed by atoms with van der Waals surface area (Å²) in [5, 5.41) is 3.43. The molecule has 1 aromatic carbocycles. The number of likely N-dealkylation sites (tertiary alicyclic amines) is 1. The van der Waals surface area contributed by atoms with Crippen LogP contribution < -0.4 is 10.1 Å². The van der Waals surface area contributed by atoms with Crippen LogP contribution in [0, 0.1) is 11.7 Å². The molecule has 0 amide bonds. The quantitative estimate of drug-likeness (QED) is 0.263. The molecule has 0 radical (unpaired) electrons. The van der Waals surface area contributed by atoms with Crippen molar-refractivity contribution in [3.05, 3.63) is 72.7 Å². The Hall–Kier alpha value is -2.69. The number of pyridine rings is 1. The van der Waals surface area contributed by atoms with Gasteiger partial charge in [-0.1, -0.05) is 13.0 Å². The second kappa shape index (κ2) is 12.0. The van der Waals surface area contributed by atoms with Gasteiger partial charge in [-0.15, -0.1) is 24.0 Å². The Bertz CT molecular complexity index is 1010. The summed E-state index contributed by atoms with van der Waals surface area (Å²) in [4.78, 5) is 15.8. The summed E-state index contributed by atoms with van der Waals surface area (Å²) < 4.78 is 20.9. The van der Waals surface area contributed by atoms with Crippen LogP contribution in [0.5, 0.6) is 11.6 Å². The molecule has 176 valence electrons. The van der Waals surface area contributed by atoms with Crippen LogP contribution in [-0.4, -0.2) is 45.0 Å². The molecule has 2 atom stereocenters. The molecule has 0 aliphatic carbocycles. The van der Waals surface area contributed by atoms with Gasteiger partial charge >= 0.3 is 0 Å². The van der Waals surface area contributed by atoms with Crippen molar-refractivity contribution in [1.29, 1.82) is 0 Å². The van der Waals surface area contributed by atoms with Crippen molar-refractivity contribution < 1.29 is 9.13 Å². The maximum atomic E-state index is 13.0. The number of ether oxygens (including phenoxy) is 1. The average Bonchev–Trinajstić information content (AvgIpc) is 3.34. The van der Waals surface area contributed by atoms with Gasteiger partial charge in [0, 0.05) is 44.3 Å². The molecule has 7 nitrogen and oxygen atoms in total. The first kappa shape index (κ1) is 24.9. The molecule has 3 aromatic rings. The Kier molecular flexibility index (Phi) is 9.04. The highest BCUT2D eigenvalue weighted by Gasteiger charge is 2.28. The molecule has 1 aliphatic heterocycles. The second-order valence-electron chi connectivity index (χ2n) is 8.02. The van der Waals surface area contributed by atoms with Gasteiger partial charge in [0.2, 0.25) is 5.88 Å². The number of halogens is 2. The monoisotopic (exact) mass is 564 g/mol. The first-order chi connectivity index (χ1) is 15.6. The van der Waals surface area contributed by atoms with Crippen molar-refractivity contribution in [3.63, 3.8) is 0 Å². The third kappa shape index (κ3) is 6.66. The minimum absolute atomic E-state index is 0. The lowest BCUT2D eigenvalue weighted by atomic mass is 9.93. The maximum Gasteiger partial charge on any atom is 0.219 e. The van der Waals surface area contributed by atoms with Gasteiger partial charge in [0.1, 0.15) is 11.6 Å². The first-order valence-corrected chi connectivity index (χ1v) is 11.0. The molecular formula is C24H30FIN6O. The van der Waals surface area contributed by atoms with E-state index < -0.39 is 0 Å². The number of hydrogen-bond donors (Lipinski definition) is 1. The Morgan fingerprint density at radius 3 is 2.73 bits per heavy atom. The number of guanidine groups is 1. The zero-order valence-electron chi connectivity index (χ0n) is 18.9. The van der Waals surface area contributed by atoms with Gasteiger partial charge in [0.05, 0.1) is 18.9 Å². The van der Waals surface area contributed by atoms with Crippen molar-refractivity contribution in [2.75, 3.05) is 19.6 Å². The lowest BCUT2D eigenvalue weighted by Gasteiger charge is -2.39. The maximum absolute atomic E-state index is 13.0. The predicted octanol–water partition coefficient (Wildman–Crippen LogP) is 4.88. The molecular weight excluding hydrogens is 534 g/mol. The van der Waals surface area contributed by atoms with Gasteiger partial charge in [-0.2, -0.15) is 0 Å². The molecule has 2 unspecified atom stereocenters. The molecule has 4 rings (SSSR count). The molecule has 9 heteroatoms. The van der Waals surface area contributed by atoms with Crippen molar-refractivity contribution in [1.82, 2.24) is 24.8 Å². The number of piperidine rings is 1. The molecule has 33 heavy (non-hydrogen) atoms. The predicted molar refractivity (Wildman–Crippen MR) is 138 cm³/mol. The molecule has 0 saturated carbocycles. The number of hydrogen-bond acceptors (Lipinski definition) is 4. The molecule has 3 heterocycles. The smallest absolute Gasteiger partial charge is 0.219 e. The number of imidazole rings is 1. The van der Waals surface area contributed by atoms with E-state index in [1.807, 2.05) is 24.8 Å². The van der Waals surface area contributed by atoms with Crippen LogP contribution in [0.1, 0.15) is 31.9 Å².